The molecule has 1 aromatic carbocycles. The van der Waals surface area contributed by atoms with Crippen molar-refractivity contribution in [3.8, 4) is 11.3 Å². The van der Waals surface area contributed by atoms with Crippen molar-refractivity contribution in [2.45, 2.75) is 0 Å². The Balaban J connectivity index is 1.81. The first-order valence-corrected chi connectivity index (χ1v) is 6.41. The van der Waals surface area contributed by atoms with Crippen LogP contribution in [0, 0.1) is 0 Å². The molecule has 108 valence electrons. The summed E-state index contributed by atoms with van der Waals surface area (Å²) in [5, 5.41) is 3.83. The Kier molecular flexibility index (Phi) is 3.09. The highest BCUT2D eigenvalue weighted by Crippen LogP contribution is 2.24. The predicted octanol–water partition coefficient (Wildman–Crippen LogP) is 0.729. The van der Waals surface area contributed by atoms with Crippen LogP contribution >= 0.6 is 0 Å². The molecule has 2 heterocycles. The third-order valence-corrected chi connectivity index (χ3v) is 3.46. The summed E-state index contributed by atoms with van der Waals surface area (Å²) >= 11 is 0. The van der Waals surface area contributed by atoms with Crippen LogP contribution in [0.3, 0.4) is 0 Å². The fourth-order valence-corrected chi connectivity index (χ4v) is 2.18. The van der Waals surface area contributed by atoms with Gasteiger partial charge in [-0.15, -0.1) is 0 Å². The Bertz CT molecular complexity index is 674. The fourth-order valence-electron chi connectivity index (χ4n) is 2.18. The van der Waals surface area contributed by atoms with Gasteiger partial charge < -0.3 is 15.2 Å². The third kappa shape index (κ3) is 2.45. The van der Waals surface area contributed by atoms with E-state index in [1.165, 1.54) is 7.05 Å². The van der Waals surface area contributed by atoms with Crippen molar-refractivity contribution in [1.29, 1.82) is 0 Å². The lowest BCUT2D eigenvalue weighted by Gasteiger charge is -2.31. The van der Waals surface area contributed by atoms with E-state index in [0.717, 1.165) is 16.2 Å². The molecule has 1 aliphatic rings. The van der Waals surface area contributed by atoms with Crippen LogP contribution in [0.5, 0.6) is 0 Å². The van der Waals surface area contributed by atoms with Crippen LogP contribution < -0.4 is 10.6 Å². The summed E-state index contributed by atoms with van der Waals surface area (Å²) in [4.78, 5) is 26.3. The van der Waals surface area contributed by atoms with E-state index >= 15 is 0 Å². The smallest absolute Gasteiger partial charge is 0.248 e. The summed E-state index contributed by atoms with van der Waals surface area (Å²) in [6.45, 7) is 0.386. The molecule has 0 bridgehead atoms. The molecule has 0 spiro atoms. The number of carbonyl (C=O) groups is 2. The van der Waals surface area contributed by atoms with Crippen LogP contribution in [0.4, 0.5) is 11.6 Å². The molecular weight excluding hydrogens is 272 g/mol. The largest absolute Gasteiger partial charge is 0.368 e. The maximum absolute atomic E-state index is 11.7. The third-order valence-electron chi connectivity index (χ3n) is 3.46. The summed E-state index contributed by atoms with van der Waals surface area (Å²) in [6.07, 6.45) is 0. The number of nitrogen functional groups attached to an aromatic ring is 1. The lowest BCUT2D eigenvalue weighted by Crippen LogP contribution is -2.52. The summed E-state index contributed by atoms with van der Waals surface area (Å²) in [7, 11) is 1.50. The van der Waals surface area contributed by atoms with E-state index in [4.69, 9.17) is 10.3 Å². The van der Waals surface area contributed by atoms with E-state index in [-0.39, 0.29) is 30.8 Å². The Morgan fingerprint density at radius 1 is 1.14 bits per heavy atom. The molecule has 3 rings (SSSR count). The lowest BCUT2D eigenvalue weighted by atomic mass is 10.1. The van der Waals surface area contributed by atoms with Crippen molar-refractivity contribution in [1.82, 2.24) is 10.1 Å². The van der Waals surface area contributed by atoms with Crippen molar-refractivity contribution in [3.05, 3.63) is 30.3 Å². The molecule has 0 radical (unpaired) electrons. The van der Waals surface area contributed by atoms with Crippen LogP contribution in [0.2, 0.25) is 0 Å². The SMILES string of the molecule is CN1C(=O)CN(c2ccc(-c3cc(N)on3)cc2)CC1=O. The van der Waals surface area contributed by atoms with Gasteiger partial charge in [0.15, 0.2) is 0 Å². The van der Waals surface area contributed by atoms with Crippen molar-refractivity contribution in [2.75, 3.05) is 30.8 Å². The lowest BCUT2D eigenvalue weighted by molar-refractivity contribution is -0.143. The van der Waals surface area contributed by atoms with Gasteiger partial charge in [0, 0.05) is 24.4 Å². The number of nitrogens with two attached hydrogens (primary N) is 1. The molecule has 7 nitrogen and oxygen atoms in total. The van der Waals surface area contributed by atoms with Crippen LogP contribution in [-0.2, 0) is 9.59 Å². The molecule has 0 saturated carbocycles. The minimum Gasteiger partial charge on any atom is -0.368 e. The van der Waals surface area contributed by atoms with Gasteiger partial charge in [0.05, 0.1) is 13.1 Å². The number of benzene rings is 1. The Morgan fingerprint density at radius 3 is 2.29 bits per heavy atom. The monoisotopic (exact) mass is 286 g/mol. The summed E-state index contributed by atoms with van der Waals surface area (Å²) in [6, 6.07) is 9.01. The quantitative estimate of drug-likeness (QED) is 0.818. The zero-order chi connectivity index (χ0) is 15.0. The first-order chi connectivity index (χ1) is 10.0. The van der Waals surface area contributed by atoms with Crippen molar-refractivity contribution < 1.29 is 14.1 Å². The maximum Gasteiger partial charge on any atom is 0.248 e. The number of hydrogen-bond donors (Lipinski definition) is 1. The number of amides is 2. The van der Waals surface area contributed by atoms with E-state index < -0.39 is 0 Å². The number of anilines is 2. The van der Waals surface area contributed by atoms with Crippen LogP contribution in [0.1, 0.15) is 0 Å². The van der Waals surface area contributed by atoms with Gasteiger partial charge in [-0.3, -0.25) is 14.5 Å². The highest BCUT2D eigenvalue weighted by Gasteiger charge is 2.28. The highest BCUT2D eigenvalue weighted by atomic mass is 16.5. The topological polar surface area (TPSA) is 92.7 Å². The zero-order valence-corrected chi connectivity index (χ0v) is 11.4. The van der Waals surface area contributed by atoms with E-state index in [1.807, 2.05) is 24.3 Å². The van der Waals surface area contributed by atoms with Gasteiger partial charge in [-0.1, -0.05) is 17.3 Å². The van der Waals surface area contributed by atoms with Gasteiger partial charge in [-0.25, -0.2) is 0 Å². The standard InChI is InChI=1S/C14H14N4O3/c1-17-13(19)7-18(8-14(17)20)10-4-2-9(3-5-10)11-6-12(15)21-16-11/h2-6H,7-8,15H2,1H3. The number of hydrogen-bond acceptors (Lipinski definition) is 6. The van der Waals surface area contributed by atoms with Gasteiger partial charge in [-0.2, -0.15) is 0 Å². The molecule has 1 aliphatic heterocycles. The molecule has 0 aliphatic carbocycles. The predicted molar refractivity (Wildman–Crippen MR) is 76.3 cm³/mol. The average Bonchev–Trinajstić information content (AvgIpc) is 2.91. The van der Waals surface area contributed by atoms with E-state index in [9.17, 15) is 9.59 Å². The van der Waals surface area contributed by atoms with E-state index in [2.05, 4.69) is 5.16 Å². The Hall–Kier alpha value is -2.83. The number of likely N-dealkylation sites (N-methyl/N-ethyl adjacent to an activating group) is 1. The number of imide groups is 1. The van der Waals surface area contributed by atoms with Gasteiger partial charge in [0.2, 0.25) is 17.7 Å². The molecule has 1 aromatic heterocycles. The minimum absolute atomic E-state index is 0.193. The average molecular weight is 286 g/mol. The van der Waals surface area contributed by atoms with Gasteiger partial charge >= 0.3 is 0 Å². The second kappa shape index (κ2) is 4.93. The Morgan fingerprint density at radius 2 is 1.76 bits per heavy atom. The molecule has 7 heteroatoms. The van der Waals surface area contributed by atoms with Crippen LogP contribution in [-0.4, -0.2) is 42.0 Å². The highest BCUT2D eigenvalue weighted by molar-refractivity contribution is 6.02. The number of aromatic nitrogens is 1. The van der Waals surface area contributed by atoms with Crippen molar-refractivity contribution in [3.63, 3.8) is 0 Å². The zero-order valence-electron chi connectivity index (χ0n) is 11.4. The molecule has 21 heavy (non-hydrogen) atoms. The van der Waals surface area contributed by atoms with Gasteiger partial charge in [-0.05, 0) is 12.1 Å². The van der Waals surface area contributed by atoms with E-state index in [1.54, 1.807) is 11.0 Å². The number of carbonyl (C=O) groups excluding carboxylic acids is 2. The second-order valence-electron chi connectivity index (χ2n) is 4.86. The molecule has 1 saturated heterocycles. The first kappa shape index (κ1) is 13.2. The van der Waals surface area contributed by atoms with Crippen LogP contribution in [0.25, 0.3) is 11.3 Å². The fraction of sp³-hybridized carbons (Fsp3) is 0.214. The first-order valence-electron chi connectivity index (χ1n) is 6.41. The summed E-state index contributed by atoms with van der Waals surface area (Å²) < 4.78 is 4.83. The second-order valence-corrected chi connectivity index (χ2v) is 4.86. The molecule has 2 amide bonds. The van der Waals surface area contributed by atoms with Crippen LogP contribution in [0.15, 0.2) is 34.9 Å². The minimum atomic E-state index is -0.209. The van der Waals surface area contributed by atoms with E-state index in [0.29, 0.717) is 5.69 Å². The van der Waals surface area contributed by atoms with Crippen molar-refractivity contribution in [2.24, 2.45) is 0 Å². The van der Waals surface area contributed by atoms with Gasteiger partial charge in [0.25, 0.3) is 0 Å². The molecule has 0 atom stereocenters. The molecule has 0 unspecified atom stereocenters. The van der Waals surface area contributed by atoms with Crippen molar-refractivity contribution >= 4 is 23.4 Å². The number of piperazine rings is 1. The molecule has 2 aromatic rings. The normalized spacial score (nSPS) is 15.7. The maximum atomic E-state index is 11.7. The number of nitrogens with zero attached hydrogens (tertiary/aromatic N) is 3. The molecule has 2 N–H and O–H groups in total. The summed E-state index contributed by atoms with van der Waals surface area (Å²) in [5.74, 6) is -0.163. The molecular formula is C14H14N4O3. The molecule has 1 fully saturated rings. The summed E-state index contributed by atoms with van der Waals surface area (Å²) in [5.41, 5.74) is 7.80. The number of rotatable bonds is 2. The van der Waals surface area contributed by atoms with Gasteiger partial charge in [0.1, 0.15) is 5.69 Å². The Labute approximate surface area is 120 Å².